The number of rotatable bonds is 7. The number of para-hydroxylation sites is 1. The summed E-state index contributed by atoms with van der Waals surface area (Å²) in [7, 11) is 0. The number of pyridine rings is 1. The second-order valence-electron chi connectivity index (χ2n) is 11.1. The lowest BCUT2D eigenvalue weighted by molar-refractivity contribution is -0.0722. The van der Waals surface area contributed by atoms with Crippen LogP contribution in [0.1, 0.15) is 71.8 Å². The molecule has 41 heavy (non-hydrogen) atoms. The van der Waals surface area contributed by atoms with Gasteiger partial charge in [-0.25, -0.2) is 9.78 Å². The number of imidazole rings is 1. The van der Waals surface area contributed by atoms with Gasteiger partial charge in [-0.2, -0.15) is 0 Å². The van der Waals surface area contributed by atoms with Crippen LogP contribution < -0.4 is 9.47 Å². The lowest BCUT2D eigenvalue weighted by Gasteiger charge is -2.37. The molecule has 9 nitrogen and oxygen atoms in total. The van der Waals surface area contributed by atoms with Crippen molar-refractivity contribution in [3.8, 4) is 11.5 Å². The van der Waals surface area contributed by atoms with Crippen LogP contribution in [-0.2, 0) is 17.1 Å². The van der Waals surface area contributed by atoms with Gasteiger partial charge in [-0.3, -0.25) is 9.88 Å². The van der Waals surface area contributed by atoms with Gasteiger partial charge in [-0.05, 0) is 69.5 Å². The van der Waals surface area contributed by atoms with Crippen LogP contribution in [0.3, 0.4) is 0 Å². The van der Waals surface area contributed by atoms with Gasteiger partial charge in [0.2, 0.25) is 0 Å². The number of hydrogen-bond donors (Lipinski definition) is 1. The van der Waals surface area contributed by atoms with Gasteiger partial charge < -0.3 is 23.9 Å². The van der Waals surface area contributed by atoms with Crippen molar-refractivity contribution in [1.29, 1.82) is 0 Å². The molecule has 3 aliphatic heterocycles. The average molecular weight is 595 g/mol. The predicted molar refractivity (Wildman–Crippen MR) is 155 cm³/mol. The van der Waals surface area contributed by atoms with Gasteiger partial charge >= 0.3 is 5.97 Å². The van der Waals surface area contributed by atoms with Crippen LogP contribution in [0.5, 0.6) is 11.5 Å². The number of hydrogen-bond acceptors (Lipinski definition) is 8. The zero-order valence-corrected chi connectivity index (χ0v) is 24.5. The summed E-state index contributed by atoms with van der Waals surface area (Å²) in [5, 5.41) is 10.1. The maximum absolute atomic E-state index is 11.6. The lowest BCUT2D eigenvalue weighted by atomic mass is 9.88. The smallest absolute Gasteiger partial charge is 0.346 e. The second kappa shape index (κ2) is 10.3. The number of nitrogens with zero attached hydrogens (tertiary/aromatic N) is 4. The third kappa shape index (κ3) is 4.76. The Balaban J connectivity index is 1.09. The van der Waals surface area contributed by atoms with Crippen molar-refractivity contribution in [3.63, 3.8) is 0 Å². The Morgan fingerprint density at radius 2 is 2.02 bits per heavy atom. The van der Waals surface area contributed by atoms with Crippen molar-refractivity contribution in [2.75, 3.05) is 19.7 Å². The Bertz CT molecular complexity index is 1610. The van der Waals surface area contributed by atoms with Crippen LogP contribution in [0.4, 0.5) is 0 Å². The minimum Gasteiger partial charge on any atom is -0.477 e. The number of halogens is 1. The van der Waals surface area contributed by atoms with E-state index in [0.29, 0.717) is 28.1 Å². The van der Waals surface area contributed by atoms with Crippen molar-refractivity contribution < 1.29 is 24.1 Å². The highest BCUT2D eigenvalue weighted by Gasteiger charge is 2.42. The van der Waals surface area contributed by atoms with E-state index in [1.807, 2.05) is 25.1 Å². The fourth-order valence-electron chi connectivity index (χ4n) is 6.16. The highest BCUT2D eigenvalue weighted by atomic mass is 35.5. The predicted octanol–water partition coefficient (Wildman–Crippen LogP) is 6.22. The quantitative estimate of drug-likeness (QED) is 0.269. The molecular weight excluding hydrogens is 564 g/mol. The fourth-order valence-corrected chi connectivity index (χ4v) is 7.15. The van der Waals surface area contributed by atoms with Gasteiger partial charge in [-0.15, -0.1) is 11.3 Å². The number of thiophene rings is 1. The summed E-state index contributed by atoms with van der Waals surface area (Å²) in [5.41, 5.74) is 2.72. The first-order valence-electron chi connectivity index (χ1n) is 14.0. The molecule has 214 valence electrons. The number of carboxylic acid groups (broad SMARTS) is 1. The molecule has 0 saturated carbocycles. The van der Waals surface area contributed by atoms with Crippen LogP contribution in [0.15, 0.2) is 42.6 Å². The summed E-state index contributed by atoms with van der Waals surface area (Å²) in [5.74, 6) is 0.917. The molecular formula is C30H31ClN4O5S. The summed E-state index contributed by atoms with van der Waals surface area (Å²) >= 11 is 7.28. The highest BCUT2D eigenvalue weighted by molar-refractivity contribution is 7.20. The van der Waals surface area contributed by atoms with Gasteiger partial charge in [-0.1, -0.05) is 23.7 Å². The van der Waals surface area contributed by atoms with Gasteiger partial charge in [0, 0.05) is 25.3 Å². The van der Waals surface area contributed by atoms with Crippen LogP contribution in [0, 0.1) is 0 Å². The van der Waals surface area contributed by atoms with E-state index in [1.54, 1.807) is 18.3 Å². The summed E-state index contributed by atoms with van der Waals surface area (Å²) < 4.78 is 20.6. The van der Waals surface area contributed by atoms with E-state index in [1.165, 1.54) is 11.3 Å². The topological polar surface area (TPSA) is 98.9 Å². The normalized spacial score (nSPS) is 23.5. The number of carbonyl (C=O) groups is 1. The van der Waals surface area contributed by atoms with Gasteiger partial charge in [0.25, 0.3) is 5.79 Å². The molecule has 0 aliphatic carbocycles. The zero-order chi connectivity index (χ0) is 28.3. The van der Waals surface area contributed by atoms with Crippen molar-refractivity contribution >= 4 is 39.3 Å². The molecule has 2 saturated heterocycles. The molecule has 11 heteroatoms. The summed E-state index contributed by atoms with van der Waals surface area (Å²) in [6, 6.07) is 11.6. The Morgan fingerprint density at radius 3 is 2.71 bits per heavy atom. The Kier molecular flexibility index (Phi) is 6.69. The monoisotopic (exact) mass is 594 g/mol. The molecule has 1 N–H and O–H groups in total. The van der Waals surface area contributed by atoms with E-state index in [0.717, 1.165) is 72.2 Å². The summed E-state index contributed by atoms with van der Waals surface area (Å²) in [6.45, 7) is 7.37. The third-order valence-electron chi connectivity index (χ3n) is 8.56. The first kappa shape index (κ1) is 26.7. The van der Waals surface area contributed by atoms with Crippen LogP contribution in [-0.4, -0.2) is 56.3 Å². The first-order valence-corrected chi connectivity index (χ1v) is 15.2. The third-order valence-corrected chi connectivity index (χ3v) is 9.79. The fraction of sp³-hybridized carbons (Fsp3) is 0.433. The second-order valence-corrected chi connectivity index (χ2v) is 12.6. The largest absolute Gasteiger partial charge is 0.477 e. The van der Waals surface area contributed by atoms with E-state index >= 15 is 0 Å². The number of piperidine rings is 1. The first-order chi connectivity index (χ1) is 19.8. The molecule has 0 amide bonds. The standard InChI is InChI=1S/C30H31ClN4O5S/c1-17(27-33-28-22(14-24(41-28)29(36)37)35(27)16-20-10-13-38-20)34-11-8-18(9-12-34)21-4-3-5-23-26(21)40-30(2,39-23)25-7-6-19(31)15-32-25/h3-7,14-15,17-18,20H,8-13,16H2,1-2H3,(H,36,37)/t17-,20+,30+/m1/s1. The average Bonchev–Trinajstić information content (AvgIpc) is 3.62. The molecule has 0 spiro atoms. The van der Waals surface area contributed by atoms with E-state index < -0.39 is 11.8 Å². The molecule has 7 rings (SSSR count). The molecule has 6 heterocycles. The summed E-state index contributed by atoms with van der Waals surface area (Å²) in [4.78, 5) is 24.5. The van der Waals surface area contributed by atoms with E-state index in [4.69, 9.17) is 30.8 Å². The molecule has 3 aromatic heterocycles. The van der Waals surface area contributed by atoms with Crippen LogP contribution in [0.25, 0.3) is 10.3 Å². The number of likely N-dealkylation sites (tertiary alicyclic amines) is 1. The molecule has 0 radical (unpaired) electrons. The lowest BCUT2D eigenvalue weighted by Crippen LogP contribution is -2.37. The van der Waals surface area contributed by atoms with E-state index in [2.05, 4.69) is 27.4 Å². The number of fused-ring (bicyclic) bond motifs is 2. The van der Waals surface area contributed by atoms with Crippen molar-refractivity contribution in [1.82, 2.24) is 19.4 Å². The Morgan fingerprint density at radius 1 is 1.22 bits per heavy atom. The van der Waals surface area contributed by atoms with Crippen molar-refractivity contribution in [3.05, 3.63) is 69.6 Å². The number of carboxylic acids is 1. The maximum atomic E-state index is 11.6. The van der Waals surface area contributed by atoms with E-state index in [9.17, 15) is 9.90 Å². The SMILES string of the molecule is C[C@H](c1nc2sc(C(=O)O)cc2n1C[C@@H]1CCO1)N1CCC(c2cccc3c2O[C@@](C)(c2ccc(Cl)cn2)O3)CC1. The molecule has 3 atom stereocenters. The minimum atomic E-state index is -1.01. The number of ether oxygens (including phenoxy) is 3. The number of aromatic nitrogens is 3. The van der Waals surface area contributed by atoms with Gasteiger partial charge in [0.1, 0.15) is 21.2 Å². The molecule has 1 aromatic carbocycles. The van der Waals surface area contributed by atoms with Crippen molar-refractivity contribution in [2.24, 2.45) is 0 Å². The molecule has 3 aliphatic rings. The molecule has 4 aromatic rings. The summed E-state index contributed by atoms with van der Waals surface area (Å²) in [6.07, 6.45) is 4.71. The van der Waals surface area contributed by atoms with Crippen molar-refractivity contribution in [2.45, 2.75) is 63.5 Å². The number of benzene rings is 1. The van der Waals surface area contributed by atoms with Crippen LogP contribution in [0.2, 0.25) is 5.02 Å². The molecule has 0 bridgehead atoms. The van der Waals surface area contributed by atoms with Gasteiger partial charge in [0.15, 0.2) is 11.5 Å². The Labute approximate surface area is 246 Å². The molecule has 0 unspecified atom stereocenters. The minimum absolute atomic E-state index is 0.0873. The van der Waals surface area contributed by atoms with Crippen LogP contribution >= 0.6 is 22.9 Å². The maximum Gasteiger partial charge on any atom is 0.346 e. The van der Waals surface area contributed by atoms with E-state index in [-0.39, 0.29) is 12.1 Å². The zero-order valence-electron chi connectivity index (χ0n) is 22.9. The number of aromatic carboxylic acids is 1. The Hall–Kier alpha value is -3.18. The van der Waals surface area contributed by atoms with Gasteiger partial charge in [0.05, 0.1) is 29.2 Å². The molecule has 2 fully saturated rings. The highest BCUT2D eigenvalue weighted by Crippen LogP contribution is 2.49.